The van der Waals surface area contributed by atoms with Crippen molar-refractivity contribution in [2.24, 2.45) is 5.41 Å². The number of piperidine rings is 1. The maximum Gasteiger partial charge on any atom is 0.257 e. The molecule has 7 heteroatoms. The van der Waals surface area contributed by atoms with Gasteiger partial charge in [-0.05, 0) is 68.4 Å². The molecule has 1 aliphatic rings. The van der Waals surface area contributed by atoms with Gasteiger partial charge in [-0.3, -0.25) is 14.6 Å². The zero-order chi connectivity index (χ0) is 25.6. The van der Waals surface area contributed by atoms with Crippen molar-refractivity contribution in [3.63, 3.8) is 0 Å². The summed E-state index contributed by atoms with van der Waals surface area (Å²) < 4.78 is 0. The maximum absolute atomic E-state index is 12.9. The van der Waals surface area contributed by atoms with E-state index in [0.29, 0.717) is 28.9 Å². The molecule has 0 bridgehead atoms. The number of aryl methyl sites for hydroxylation is 1. The van der Waals surface area contributed by atoms with Gasteiger partial charge in [-0.2, -0.15) is 0 Å². The van der Waals surface area contributed by atoms with Gasteiger partial charge in [0.05, 0.1) is 23.2 Å². The molecule has 0 unspecified atom stereocenters. The summed E-state index contributed by atoms with van der Waals surface area (Å²) in [5.74, 6) is -0.432. The molecule has 3 rings (SSSR count). The third-order valence-corrected chi connectivity index (χ3v) is 5.99. The lowest BCUT2D eigenvalue weighted by Gasteiger charge is -2.28. The molecule has 1 fully saturated rings. The van der Waals surface area contributed by atoms with Crippen molar-refractivity contribution in [1.82, 2.24) is 10.3 Å². The summed E-state index contributed by atoms with van der Waals surface area (Å²) in [7, 11) is 0. The molecule has 2 aromatic rings. The van der Waals surface area contributed by atoms with Gasteiger partial charge in [0.1, 0.15) is 0 Å². The number of aromatic nitrogens is 1. The number of hydrogen-bond donors (Lipinski definition) is 3. The molecule has 1 aromatic carbocycles. The Labute approximate surface area is 208 Å². The molecule has 2 heterocycles. The highest BCUT2D eigenvalue weighted by Gasteiger charge is 2.16. The van der Waals surface area contributed by atoms with Gasteiger partial charge in [0.2, 0.25) is 5.91 Å². The number of amides is 2. The Morgan fingerprint density at radius 1 is 1.11 bits per heavy atom. The number of nitrogens with one attached hydrogen (secondary N) is 3. The first-order valence-corrected chi connectivity index (χ1v) is 12.2. The molecule has 0 radical (unpaired) electrons. The number of carbonyl (C=O) groups excluding carboxylic acids is 2. The van der Waals surface area contributed by atoms with E-state index in [1.54, 1.807) is 31.5 Å². The third kappa shape index (κ3) is 7.50. The van der Waals surface area contributed by atoms with E-state index < -0.39 is 0 Å². The number of pyridine rings is 1. The van der Waals surface area contributed by atoms with Crippen LogP contribution in [0.1, 0.15) is 68.4 Å². The Hall–Kier alpha value is -3.48. The van der Waals surface area contributed by atoms with Crippen LogP contribution in [0.25, 0.3) is 0 Å². The molecule has 1 saturated heterocycles. The topological polar surface area (TPSA) is 98.2 Å². The number of nitrogens with zero attached hydrogens (tertiary/aromatic N) is 2. The zero-order valence-corrected chi connectivity index (χ0v) is 21.5. The van der Waals surface area contributed by atoms with Gasteiger partial charge in [-0.1, -0.05) is 26.8 Å². The molecule has 186 valence electrons. The summed E-state index contributed by atoms with van der Waals surface area (Å²) in [6, 6.07) is 7.34. The second-order valence-electron chi connectivity index (χ2n) is 10.4. The van der Waals surface area contributed by atoms with Gasteiger partial charge in [-0.25, -0.2) is 0 Å². The summed E-state index contributed by atoms with van der Waals surface area (Å²) in [4.78, 5) is 31.9. The smallest absolute Gasteiger partial charge is 0.257 e. The van der Waals surface area contributed by atoms with Crippen LogP contribution in [0.3, 0.4) is 0 Å². The van der Waals surface area contributed by atoms with Crippen molar-refractivity contribution >= 4 is 28.9 Å². The largest absolute Gasteiger partial charge is 0.370 e. The number of rotatable bonds is 7. The van der Waals surface area contributed by atoms with Gasteiger partial charge >= 0.3 is 0 Å². The summed E-state index contributed by atoms with van der Waals surface area (Å²) in [5, 5.41) is 14.4. The summed E-state index contributed by atoms with van der Waals surface area (Å²) in [6.45, 7) is 12.3. The maximum atomic E-state index is 12.9. The first kappa shape index (κ1) is 26.1. The molecular formula is C28H37N5O2. The molecule has 1 aliphatic heterocycles. The molecule has 35 heavy (non-hydrogen) atoms. The van der Waals surface area contributed by atoms with Crippen LogP contribution in [0.5, 0.6) is 0 Å². The van der Waals surface area contributed by atoms with E-state index in [0.717, 1.165) is 37.2 Å². The number of benzene rings is 1. The minimum Gasteiger partial charge on any atom is -0.370 e. The minimum absolute atomic E-state index is 0.0185. The van der Waals surface area contributed by atoms with Crippen LogP contribution >= 0.6 is 0 Å². The first-order valence-electron chi connectivity index (χ1n) is 12.2. The lowest BCUT2D eigenvalue weighted by molar-refractivity contribution is -0.117. The van der Waals surface area contributed by atoms with Crippen LogP contribution in [-0.2, 0) is 4.79 Å². The number of anilines is 2. The third-order valence-electron chi connectivity index (χ3n) is 5.99. The molecular weight excluding hydrogens is 438 g/mol. The van der Waals surface area contributed by atoms with Gasteiger partial charge in [0, 0.05) is 42.7 Å². The van der Waals surface area contributed by atoms with Crippen molar-refractivity contribution < 1.29 is 9.59 Å². The number of carbonyl (C=O) groups is 2. The van der Waals surface area contributed by atoms with E-state index in [1.165, 1.54) is 6.42 Å². The van der Waals surface area contributed by atoms with E-state index in [-0.39, 0.29) is 22.9 Å². The first-order chi connectivity index (χ1) is 16.5. The van der Waals surface area contributed by atoms with Gasteiger partial charge in [0.25, 0.3) is 5.91 Å². The fourth-order valence-electron chi connectivity index (χ4n) is 3.91. The predicted octanol–water partition coefficient (Wildman–Crippen LogP) is 5.11. The highest BCUT2D eigenvalue weighted by Crippen LogP contribution is 2.22. The van der Waals surface area contributed by atoms with E-state index in [1.807, 2.05) is 25.1 Å². The Morgan fingerprint density at radius 2 is 1.83 bits per heavy atom. The van der Waals surface area contributed by atoms with E-state index >= 15 is 0 Å². The summed E-state index contributed by atoms with van der Waals surface area (Å²) in [6.07, 6.45) is 8.49. The molecule has 0 saturated carbocycles. The van der Waals surface area contributed by atoms with E-state index in [4.69, 9.17) is 5.41 Å². The molecule has 1 aromatic heterocycles. The van der Waals surface area contributed by atoms with Gasteiger partial charge in [0.15, 0.2) is 0 Å². The molecule has 2 amide bonds. The zero-order valence-electron chi connectivity index (χ0n) is 21.5. The Morgan fingerprint density at radius 3 is 2.51 bits per heavy atom. The summed E-state index contributed by atoms with van der Waals surface area (Å²) >= 11 is 0. The molecule has 0 spiro atoms. The van der Waals surface area contributed by atoms with E-state index in [9.17, 15) is 9.59 Å². The van der Waals surface area contributed by atoms with Gasteiger partial charge < -0.3 is 20.9 Å². The van der Waals surface area contributed by atoms with Gasteiger partial charge in [-0.15, -0.1) is 0 Å². The molecule has 7 nitrogen and oxygen atoms in total. The Balaban J connectivity index is 1.71. The minimum atomic E-state index is -0.244. The fraction of sp³-hybridized carbons (Fsp3) is 0.429. The molecule has 0 aliphatic carbocycles. The second-order valence-corrected chi connectivity index (χ2v) is 10.4. The monoisotopic (exact) mass is 475 g/mol. The number of hydrogen-bond acceptors (Lipinski definition) is 5. The molecule has 3 N–H and O–H groups in total. The highest BCUT2D eigenvalue weighted by molar-refractivity contribution is 6.12. The Bertz CT molecular complexity index is 1120. The quantitative estimate of drug-likeness (QED) is 0.383. The van der Waals surface area contributed by atoms with E-state index in [2.05, 4.69) is 41.3 Å². The van der Waals surface area contributed by atoms with Crippen LogP contribution in [0.15, 0.2) is 48.3 Å². The Kier molecular flexibility index (Phi) is 8.43. The lowest BCUT2D eigenvalue weighted by Crippen LogP contribution is -2.32. The second kappa shape index (κ2) is 11.3. The normalized spacial score (nSPS) is 14.4. The average molecular weight is 476 g/mol. The van der Waals surface area contributed by atoms with Crippen LogP contribution in [0.4, 0.5) is 11.4 Å². The van der Waals surface area contributed by atoms with Crippen molar-refractivity contribution in [1.29, 1.82) is 5.41 Å². The van der Waals surface area contributed by atoms with Crippen molar-refractivity contribution in [2.45, 2.75) is 53.9 Å². The fourth-order valence-corrected chi connectivity index (χ4v) is 3.91. The van der Waals surface area contributed by atoms with Crippen LogP contribution in [0, 0.1) is 17.7 Å². The highest BCUT2D eigenvalue weighted by atomic mass is 16.2. The van der Waals surface area contributed by atoms with Crippen LogP contribution in [0.2, 0.25) is 0 Å². The molecule has 0 atom stereocenters. The average Bonchev–Trinajstić information content (AvgIpc) is 2.83. The lowest BCUT2D eigenvalue weighted by atomic mass is 9.96. The standard InChI is InChI=1S/C28H37N5O2/c1-19-9-10-22(15-24(19)25(29)13-20(2)26(34)31-18-28(3,4)5)32-27(35)21-14-23(17-30-16-21)33-11-7-6-8-12-33/h9-10,13-17,29H,6-8,11-12,18H2,1-5H3,(H,31,34)(H,32,35)/b20-13+,29-25?. The van der Waals surface area contributed by atoms with Crippen molar-refractivity contribution in [2.75, 3.05) is 29.9 Å². The number of allylic oxidation sites excluding steroid dienone is 1. The van der Waals surface area contributed by atoms with Crippen molar-refractivity contribution in [3.05, 3.63) is 65.0 Å². The predicted molar refractivity (Wildman–Crippen MR) is 142 cm³/mol. The van der Waals surface area contributed by atoms with Crippen molar-refractivity contribution in [3.8, 4) is 0 Å². The SMILES string of the molecule is C/C(=C\C(=N)c1cc(NC(=O)c2cncc(N3CCCCC3)c2)ccc1C)C(=O)NCC(C)(C)C. The summed E-state index contributed by atoms with van der Waals surface area (Å²) in [5.41, 5.74) is 4.27. The van der Waals surface area contributed by atoms with Crippen LogP contribution in [-0.4, -0.2) is 42.1 Å². The van der Waals surface area contributed by atoms with Crippen LogP contribution < -0.4 is 15.5 Å².